The maximum atomic E-state index is 13.0. The van der Waals surface area contributed by atoms with Gasteiger partial charge in [0.05, 0.1) is 4.90 Å². The zero-order valence-electron chi connectivity index (χ0n) is 16.1. The summed E-state index contributed by atoms with van der Waals surface area (Å²) in [6, 6.07) is 17.4. The summed E-state index contributed by atoms with van der Waals surface area (Å²) in [5, 5.41) is 0. The van der Waals surface area contributed by atoms with Crippen LogP contribution in [0.2, 0.25) is 0 Å². The second kappa shape index (κ2) is 7.68. The molecule has 148 valence electrons. The lowest BCUT2D eigenvalue weighted by Crippen LogP contribution is -2.37. The van der Waals surface area contributed by atoms with Crippen LogP contribution in [0.1, 0.15) is 42.2 Å². The molecule has 0 saturated carbocycles. The Morgan fingerprint density at radius 2 is 1.46 bits per heavy atom. The van der Waals surface area contributed by atoms with Crippen molar-refractivity contribution in [2.24, 2.45) is 0 Å². The molecule has 4 rings (SSSR count). The zero-order valence-corrected chi connectivity index (χ0v) is 16.9. The van der Waals surface area contributed by atoms with E-state index in [4.69, 9.17) is 0 Å². The van der Waals surface area contributed by atoms with Crippen molar-refractivity contribution in [3.8, 4) is 0 Å². The summed E-state index contributed by atoms with van der Waals surface area (Å²) in [6.45, 7) is 1.79. The van der Waals surface area contributed by atoms with Crippen LogP contribution in [-0.2, 0) is 14.8 Å². The van der Waals surface area contributed by atoms with Crippen molar-refractivity contribution in [1.82, 2.24) is 9.21 Å². The van der Waals surface area contributed by atoms with Gasteiger partial charge in [-0.15, -0.1) is 0 Å². The molecule has 0 N–H and O–H groups in total. The van der Waals surface area contributed by atoms with Crippen molar-refractivity contribution in [3.05, 3.63) is 65.7 Å². The monoisotopic (exact) mass is 398 g/mol. The molecule has 0 radical (unpaired) electrons. The number of nitrogens with zero attached hydrogens (tertiary/aromatic N) is 2. The van der Waals surface area contributed by atoms with Crippen molar-refractivity contribution < 1.29 is 13.2 Å². The molecule has 2 saturated heterocycles. The molecule has 2 aliphatic rings. The Bertz CT molecular complexity index is 934. The van der Waals surface area contributed by atoms with E-state index >= 15 is 0 Å². The van der Waals surface area contributed by atoms with E-state index in [1.807, 2.05) is 30.3 Å². The maximum absolute atomic E-state index is 13.0. The first-order chi connectivity index (χ1) is 13.4. The lowest BCUT2D eigenvalue weighted by atomic mass is 9.90. The largest absolute Gasteiger partial charge is 0.345 e. The van der Waals surface area contributed by atoms with Gasteiger partial charge < -0.3 is 4.90 Å². The van der Waals surface area contributed by atoms with Gasteiger partial charge in [-0.3, -0.25) is 4.79 Å². The van der Waals surface area contributed by atoms with E-state index in [9.17, 15) is 13.2 Å². The van der Waals surface area contributed by atoms with Crippen LogP contribution in [0.25, 0.3) is 0 Å². The first kappa shape index (κ1) is 19.2. The van der Waals surface area contributed by atoms with E-state index in [2.05, 4.69) is 12.1 Å². The van der Waals surface area contributed by atoms with Crippen LogP contribution < -0.4 is 0 Å². The summed E-state index contributed by atoms with van der Waals surface area (Å²) in [5.74, 6) is 0.714. The fourth-order valence-electron chi connectivity index (χ4n) is 4.30. The highest BCUT2D eigenvalue weighted by atomic mass is 32.2. The van der Waals surface area contributed by atoms with Gasteiger partial charge >= 0.3 is 0 Å². The van der Waals surface area contributed by atoms with E-state index in [1.165, 1.54) is 5.56 Å². The van der Waals surface area contributed by atoms with Gasteiger partial charge in [0.25, 0.3) is 0 Å². The first-order valence-corrected chi connectivity index (χ1v) is 11.3. The highest BCUT2D eigenvalue weighted by molar-refractivity contribution is 7.89. The number of piperidine rings is 1. The van der Waals surface area contributed by atoms with Gasteiger partial charge in [0.15, 0.2) is 0 Å². The molecule has 2 fully saturated rings. The summed E-state index contributed by atoms with van der Waals surface area (Å²) in [6.07, 6.45) is 2.19. The predicted octanol–water partition coefficient (Wildman–Crippen LogP) is 3.20. The van der Waals surface area contributed by atoms with Crippen LogP contribution in [0.3, 0.4) is 0 Å². The Hall–Kier alpha value is -2.18. The molecule has 2 aromatic rings. The van der Waals surface area contributed by atoms with Gasteiger partial charge in [0, 0.05) is 39.0 Å². The maximum Gasteiger partial charge on any atom is 0.243 e. The first-order valence-electron chi connectivity index (χ1n) is 9.84. The van der Waals surface area contributed by atoms with E-state index in [1.54, 1.807) is 28.4 Å². The fourth-order valence-corrected chi connectivity index (χ4v) is 5.77. The second-order valence-electron chi connectivity index (χ2n) is 7.83. The number of sulfonamides is 1. The Labute approximate surface area is 167 Å². The van der Waals surface area contributed by atoms with Crippen molar-refractivity contribution >= 4 is 15.9 Å². The topological polar surface area (TPSA) is 57.7 Å². The molecule has 0 spiro atoms. The van der Waals surface area contributed by atoms with Crippen molar-refractivity contribution in [2.75, 3.05) is 26.7 Å². The molecule has 5 nitrogen and oxygen atoms in total. The minimum Gasteiger partial charge on any atom is -0.345 e. The van der Waals surface area contributed by atoms with E-state index in [0.717, 1.165) is 18.4 Å². The number of rotatable bonds is 4. The van der Waals surface area contributed by atoms with Gasteiger partial charge in [-0.1, -0.05) is 42.5 Å². The van der Waals surface area contributed by atoms with Crippen molar-refractivity contribution in [3.63, 3.8) is 0 Å². The molecule has 1 unspecified atom stereocenters. The molecule has 1 atom stereocenters. The predicted molar refractivity (Wildman–Crippen MR) is 109 cm³/mol. The van der Waals surface area contributed by atoms with Crippen molar-refractivity contribution in [2.45, 2.75) is 36.0 Å². The summed E-state index contributed by atoms with van der Waals surface area (Å²) in [7, 11) is -1.67. The number of benzene rings is 2. The summed E-state index contributed by atoms with van der Waals surface area (Å²) >= 11 is 0. The SMILES string of the molecule is CN1CC(c2ccc(S(=O)(=O)N3CCC(c4ccccc4)CC3)cc2)CC1=O. The molecular weight excluding hydrogens is 372 g/mol. The molecule has 2 aromatic carbocycles. The summed E-state index contributed by atoms with van der Waals surface area (Å²) < 4.78 is 27.7. The smallest absolute Gasteiger partial charge is 0.243 e. The number of amides is 1. The number of carbonyl (C=O) groups is 1. The number of carbonyl (C=O) groups excluding carboxylic acids is 1. The molecule has 0 aliphatic carbocycles. The van der Waals surface area contributed by atoms with Gasteiger partial charge in [-0.25, -0.2) is 8.42 Å². The van der Waals surface area contributed by atoms with E-state index < -0.39 is 10.0 Å². The number of hydrogen-bond donors (Lipinski definition) is 0. The van der Waals surface area contributed by atoms with Crippen LogP contribution in [0.15, 0.2) is 59.5 Å². The van der Waals surface area contributed by atoms with Gasteiger partial charge in [-0.2, -0.15) is 4.31 Å². The molecule has 1 amide bonds. The van der Waals surface area contributed by atoms with Crippen LogP contribution in [0.5, 0.6) is 0 Å². The number of hydrogen-bond acceptors (Lipinski definition) is 3. The second-order valence-corrected chi connectivity index (χ2v) is 9.77. The Kier molecular flexibility index (Phi) is 5.25. The summed E-state index contributed by atoms with van der Waals surface area (Å²) in [5.41, 5.74) is 2.32. The highest BCUT2D eigenvalue weighted by Gasteiger charge is 2.31. The van der Waals surface area contributed by atoms with Gasteiger partial charge in [0.2, 0.25) is 15.9 Å². The van der Waals surface area contributed by atoms with Gasteiger partial charge in [-0.05, 0) is 42.0 Å². The lowest BCUT2D eigenvalue weighted by molar-refractivity contribution is -0.126. The molecule has 2 aliphatic heterocycles. The molecule has 0 aromatic heterocycles. The van der Waals surface area contributed by atoms with Crippen LogP contribution in [0, 0.1) is 0 Å². The quantitative estimate of drug-likeness (QED) is 0.795. The Morgan fingerprint density at radius 3 is 2.04 bits per heavy atom. The average Bonchev–Trinajstić information content (AvgIpc) is 3.07. The normalized spacial score (nSPS) is 22.0. The third-order valence-corrected chi connectivity index (χ3v) is 7.97. The molecule has 6 heteroatoms. The Balaban J connectivity index is 1.43. The Morgan fingerprint density at radius 1 is 0.857 bits per heavy atom. The number of likely N-dealkylation sites (tertiary alicyclic amines) is 1. The third kappa shape index (κ3) is 3.71. The average molecular weight is 399 g/mol. The number of likely N-dealkylation sites (N-methyl/N-ethyl adjacent to an activating group) is 1. The molecule has 28 heavy (non-hydrogen) atoms. The minimum absolute atomic E-state index is 0.142. The van der Waals surface area contributed by atoms with E-state index in [0.29, 0.717) is 36.9 Å². The fraction of sp³-hybridized carbons (Fsp3) is 0.409. The molecule has 2 heterocycles. The third-order valence-electron chi connectivity index (χ3n) is 6.06. The molecular formula is C22H26N2O3S. The highest BCUT2D eigenvalue weighted by Crippen LogP contribution is 2.32. The minimum atomic E-state index is -3.47. The molecule has 0 bridgehead atoms. The standard InChI is InChI=1S/C22H26N2O3S/c1-23-16-20(15-22(23)25)18-7-9-21(10-8-18)28(26,27)24-13-11-19(12-14-24)17-5-3-2-4-6-17/h2-10,19-20H,11-16H2,1H3. The van der Waals surface area contributed by atoms with Gasteiger partial charge in [0.1, 0.15) is 0 Å². The van der Waals surface area contributed by atoms with Crippen molar-refractivity contribution in [1.29, 1.82) is 0 Å². The van der Waals surface area contributed by atoms with Crippen LogP contribution >= 0.6 is 0 Å². The summed E-state index contributed by atoms with van der Waals surface area (Å²) in [4.78, 5) is 13.8. The van der Waals surface area contributed by atoms with Crippen LogP contribution in [-0.4, -0.2) is 50.2 Å². The van der Waals surface area contributed by atoms with Crippen LogP contribution in [0.4, 0.5) is 0 Å². The van der Waals surface area contributed by atoms with E-state index in [-0.39, 0.29) is 11.8 Å². The zero-order chi connectivity index (χ0) is 19.7. The lowest BCUT2D eigenvalue weighted by Gasteiger charge is -2.31.